The summed E-state index contributed by atoms with van der Waals surface area (Å²) in [5.41, 5.74) is 6.87. The first kappa shape index (κ1) is 21.5. The quantitative estimate of drug-likeness (QED) is 0.296. The average Bonchev–Trinajstić information content (AvgIpc) is 2.82. The van der Waals surface area contributed by atoms with Gasteiger partial charge in [-0.15, -0.1) is 0 Å². The number of methoxy groups -OCH3 is 2. The van der Waals surface area contributed by atoms with E-state index in [2.05, 4.69) is 111 Å². The maximum atomic E-state index is 5.47. The second-order valence-electron chi connectivity index (χ2n) is 7.92. The van der Waals surface area contributed by atoms with Gasteiger partial charge in [-0.2, -0.15) is 0 Å². The zero-order valence-corrected chi connectivity index (χ0v) is 19.1. The molecule has 32 heavy (non-hydrogen) atoms. The van der Waals surface area contributed by atoms with Gasteiger partial charge in [0.15, 0.2) is 0 Å². The summed E-state index contributed by atoms with van der Waals surface area (Å²) in [5.74, 6) is 1.81. The highest BCUT2D eigenvalue weighted by atomic mass is 16.5. The molecule has 0 unspecified atom stereocenters. The molecule has 0 fully saturated rings. The van der Waals surface area contributed by atoms with E-state index in [1.165, 1.54) is 21.9 Å². The van der Waals surface area contributed by atoms with E-state index in [0.717, 1.165) is 33.8 Å². The van der Waals surface area contributed by atoms with E-state index in [1.807, 2.05) is 0 Å². The Bertz CT molecular complexity index is 1210. The minimum atomic E-state index is 0.905. The van der Waals surface area contributed by atoms with Crippen LogP contribution in [0, 0.1) is 13.8 Å². The maximum absolute atomic E-state index is 5.47. The summed E-state index contributed by atoms with van der Waals surface area (Å²) in [5, 5.41) is 2.46. The Labute approximate surface area is 190 Å². The lowest BCUT2D eigenvalue weighted by molar-refractivity contribution is 0.411. The fraction of sp³-hybridized carbons (Fsp3) is 0.133. The minimum absolute atomic E-state index is 0.905. The number of hydrogen-bond acceptors (Lipinski definition) is 2. The molecule has 0 atom stereocenters. The molecule has 0 aliphatic rings. The molecule has 4 aromatic rings. The van der Waals surface area contributed by atoms with Crippen LogP contribution in [0.3, 0.4) is 0 Å². The summed E-state index contributed by atoms with van der Waals surface area (Å²) < 4.78 is 10.9. The normalized spacial score (nSPS) is 11.5. The summed E-state index contributed by atoms with van der Waals surface area (Å²) in [7, 11) is 3.42. The molecule has 0 spiro atoms. The van der Waals surface area contributed by atoms with Crippen molar-refractivity contribution in [1.29, 1.82) is 0 Å². The molecule has 0 heterocycles. The third kappa shape index (κ3) is 4.60. The molecule has 160 valence electrons. The van der Waals surface area contributed by atoms with Gasteiger partial charge in [0.1, 0.15) is 11.5 Å². The van der Waals surface area contributed by atoms with Crippen molar-refractivity contribution in [3.63, 3.8) is 0 Å². The third-order valence-electron chi connectivity index (χ3n) is 5.74. The molecule has 0 saturated heterocycles. The Morgan fingerprint density at radius 2 is 1.03 bits per heavy atom. The van der Waals surface area contributed by atoms with E-state index in [1.54, 1.807) is 14.2 Å². The predicted octanol–water partition coefficient (Wildman–Crippen LogP) is 7.81. The number of rotatable bonds is 6. The highest BCUT2D eigenvalue weighted by molar-refractivity contribution is 5.99. The zero-order chi connectivity index (χ0) is 22.5. The summed E-state index contributed by atoms with van der Waals surface area (Å²) in [6.45, 7) is 4.11. The number of aryl methyl sites for hydroxylation is 2. The molecule has 0 bridgehead atoms. The molecule has 0 N–H and O–H groups in total. The minimum Gasteiger partial charge on any atom is -0.496 e. The van der Waals surface area contributed by atoms with Crippen LogP contribution in [0.1, 0.15) is 33.4 Å². The molecule has 0 aliphatic carbocycles. The van der Waals surface area contributed by atoms with E-state index in [0.29, 0.717) is 0 Å². The van der Waals surface area contributed by atoms with Gasteiger partial charge in [0.25, 0.3) is 0 Å². The predicted molar refractivity (Wildman–Crippen MR) is 137 cm³/mol. The van der Waals surface area contributed by atoms with Gasteiger partial charge >= 0.3 is 0 Å². The topological polar surface area (TPSA) is 18.5 Å². The Morgan fingerprint density at radius 1 is 0.562 bits per heavy atom. The number of benzene rings is 4. The molecule has 0 amide bonds. The average molecular weight is 421 g/mol. The second kappa shape index (κ2) is 9.57. The molecular formula is C30H28O2. The Balaban J connectivity index is 1.72. The molecule has 4 rings (SSSR count). The lowest BCUT2D eigenvalue weighted by Crippen LogP contribution is -1.88. The third-order valence-corrected chi connectivity index (χ3v) is 5.74. The molecule has 0 aliphatic heterocycles. The Morgan fingerprint density at radius 3 is 1.47 bits per heavy atom. The second-order valence-corrected chi connectivity index (χ2v) is 7.92. The molecule has 4 aromatic carbocycles. The van der Waals surface area contributed by atoms with Gasteiger partial charge in [0.05, 0.1) is 14.2 Å². The molecule has 2 nitrogen and oxygen atoms in total. The van der Waals surface area contributed by atoms with Crippen molar-refractivity contribution < 1.29 is 9.47 Å². The van der Waals surface area contributed by atoms with E-state index in [9.17, 15) is 0 Å². The van der Waals surface area contributed by atoms with Gasteiger partial charge in [0.2, 0.25) is 0 Å². The lowest BCUT2D eigenvalue weighted by atomic mass is 9.97. The molecule has 2 heteroatoms. The first-order valence-electron chi connectivity index (χ1n) is 10.8. The zero-order valence-electron chi connectivity index (χ0n) is 19.1. The standard InChI is InChI=1S/C30H28O2/c1-21-11-13-23(19-28(21)31-3)15-17-26-9-5-7-25-8-6-10-27(30(25)26)18-16-24-14-12-22(2)29(20-24)32-4/h5-20H,1-4H3/b17-15-,18-16-. The van der Waals surface area contributed by atoms with Crippen LogP contribution in [0.25, 0.3) is 35.1 Å². The van der Waals surface area contributed by atoms with Crippen LogP contribution in [0.2, 0.25) is 0 Å². The van der Waals surface area contributed by atoms with Gasteiger partial charge in [-0.1, -0.05) is 85.0 Å². The van der Waals surface area contributed by atoms with E-state index < -0.39 is 0 Å². The maximum Gasteiger partial charge on any atom is 0.122 e. The van der Waals surface area contributed by atoms with Crippen molar-refractivity contribution in [3.8, 4) is 11.5 Å². The van der Waals surface area contributed by atoms with E-state index in [-0.39, 0.29) is 0 Å². The van der Waals surface area contributed by atoms with E-state index >= 15 is 0 Å². The molecular weight excluding hydrogens is 392 g/mol. The van der Waals surface area contributed by atoms with Crippen LogP contribution in [-0.4, -0.2) is 14.2 Å². The number of ether oxygens (including phenoxy) is 2. The highest BCUT2D eigenvalue weighted by Crippen LogP contribution is 2.28. The fourth-order valence-electron chi connectivity index (χ4n) is 3.93. The van der Waals surface area contributed by atoms with Crippen molar-refractivity contribution >= 4 is 35.1 Å². The molecule has 0 aromatic heterocycles. The number of hydrogen-bond donors (Lipinski definition) is 0. The molecule has 0 saturated carbocycles. The van der Waals surface area contributed by atoms with Crippen LogP contribution >= 0.6 is 0 Å². The van der Waals surface area contributed by atoms with Gasteiger partial charge in [-0.25, -0.2) is 0 Å². The van der Waals surface area contributed by atoms with Crippen molar-refractivity contribution in [1.82, 2.24) is 0 Å². The van der Waals surface area contributed by atoms with Crippen molar-refractivity contribution in [2.45, 2.75) is 13.8 Å². The van der Waals surface area contributed by atoms with E-state index in [4.69, 9.17) is 9.47 Å². The Kier molecular flexibility index (Phi) is 6.42. The van der Waals surface area contributed by atoms with Crippen LogP contribution < -0.4 is 9.47 Å². The number of fused-ring (bicyclic) bond motifs is 1. The van der Waals surface area contributed by atoms with Crippen molar-refractivity contribution in [2.24, 2.45) is 0 Å². The summed E-state index contributed by atoms with van der Waals surface area (Å²) in [6, 6.07) is 25.4. The van der Waals surface area contributed by atoms with Gasteiger partial charge in [0, 0.05) is 0 Å². The van der Waals surface area contributed by atoms with Gasteiger partial charge in [-0.3, -0.25) is 0 Å². The first-order chi connectivity index (χ1) is 15.6. The van der Waals surface area contributed by atoms with Crippen LogP contribution in [0.5, 0.6) is 11.5 Å². The summed E-state index contributed by atoms with van der Waals surface area (Å²) in [6.07, 6.45) is 8.64. The lowest BCUT2D eigenvalue weighted by Gasteiger charge is -2.08. The van der Waals surface area contributed by atoms with Crippen molar-refractivity contribution in [3.05, 3.63) is 106 Å². The monoisotopic (exact) mass is 420 g/mol. The summed E-state index contributed by atoms with van der Waals surface area (Å²) in [4.78, 5) is 0. The smallest absolute Gasteiger partial charge is 0.122 e. The van der Waals surface area contributed by atoms with Crippen LogP contribution in [0.15, 0.2) is 72.8 Å². The Hall–Kier alpha value is -3.78. The van der Waals surface area contributed by atoms with Crippen LogP contribution in [0.4, 0.5) is 0 Å². The van der Waals surface area contributed by atoms with Crippen LogP contribution in [-0.2, 0) is 0 Å². The highest BCUT2D eigenvalue weighted by Gasteiger charge is 2.04. The largest absolute Gasteiger partial charge is 0.496 e. The summed E-state index contributed by atoms with van der Waals surface area (Å²) >= 11 is 0. The van der Waals surface area contributed by atoms with Gasteiger partial charge < -0.3 is 9.47 Å². The fourth-order valence-corrected chi connectivity index (χ4v) is 3.93. The van der Waals surface area contributed by atoms with Crippen molar-refractivity contribution in [2.75, 3.05) is 14.2 Å². The SMILES string of the molecule is COc1cc(/C=C\c2cccc3cccc(/C=C\c4ccc(C)c(OC)c4)c23)ccc1C. The first-order valence-corrected chi connectivity index (χ1v) is 10.8. The molecule has 0 radical (unpaired) electrons. The van der Waals surface area contributed by atoms with Gasteiger partial charge in [-0.05, 0) is 70.1 Å².